The normalized spacial score (nSPS) is 18.5. The Balaban J connectivity index is 1.80. The highest BCUT2D eigenvalue weighted by molar-refractivity contribution is 7.15. The van der Waals surface area contributed by atoms with Crippen molar-refractivity contribution in [1.82, 2.24) is 15.1 Å². The van der Waals surface area contributed by atoms with Crippen LogP contribution in [0, 0.1) is 5.92 Å². The SMILES string of the molecule is CCNc1nnc(CN2CCC(CC)CC2)s1. The number of likely N-dealkylation sites (tertiary alicyclic amines) is 1. The van der Waals surface area contributed by atoms with Crippen LogP contribution in [0.4, 0.5) is 5.13 Å². The Labute approximate surface area is 107 Å². The van der Waals surface area contributed by atoms with Gasteiger partial charge in [-0.05, 0) is 38.8 Å². The van der Waals surface area contributed by atoms with Crippen molar-refractivity contribution >= 4 is 16.5 Å². The highest BCUT2D eigenvalue weighted by atomic mass is 32.1. The number of rotatable bonds is 5. The molecule has 1 aromatic rings. The van der Waals surface area contributed by atoms with E-state index >= 15 is 0 Å². The molecule has 0 amide bonds. The van der Waals surface area contributed by atoms with Gasteiger partial charge < -0.3 is 5.32 Å². The van der Waals surface area contributed by atoms with Crippen molar-refractivity contribution in [2.45, 2.75) is 39.7 Å². The molecular weight excluding hydrogens is 232 g/mol. The van der Waals surface area contributed by atoms with Crippen LogP contribution in [0.15, 0.2) is 0 Å². The number of anilines is 1. The molecule has 1 aliphatic rings. The van der Waals surface area contributed by atoms with Crippen molar-refractivity contribution < 1.29 is 0 Å². The fourth-order valence-corrected chi connectivity index (χ4v) is 3.13. The van der Waals surface area contributed by atoms with Crippen molar-refractivity contribution in [2.75, 3.05) is 25.0 Å². The first-order valence-electron chi connectivity index (χ1n) is 6.60. The minimum atomic E-state index is 0.913. The first-order valence-corrected chi connectivity index (χ1v) is 7.42. The second-order valence-electron chi connectivity index (χ2n) is 4.66. The van der Waals surface area contributed by atoms with E-state index in [1.807, 2.05) is 0 Å². The summed E-state index contributed by atoms with van der Waals surface area (Å²) < 4.78 is 0. The van der Waals surface area contributed by atoms with Crippen LogP contribution in [-0.2, 0) is 6.54 Å². The Kier molecular flexibility index (Phi) is 4.74. The van der Waals surface area contributed by atoms with E-state index in [9.17, 15) is 0 Å². The predicted molar refractivity (Wildman–Crippen MR) is 72.4 cm³/mol. The zero-order valence-corrected chi connectivity index (χ0v) is 11.6. The molecule has 0 atom stereocenters. The third kappa shape index (κ3) is 3.64. The molecule has 1 aliphatic heterocycles. The average Bonchev–Trinajstić information content (AvgIpc) is 2.78. The van der Waals surface area contributed by atoms with Gasteiger partial charge in [-0.25, -0.2) is 0 Å². The summed E-state index contributed by atoms with van der Waals surface area (Å²) in [5.74, 6) is 0.943. The van der Waals surface area contributed by atoms with Crippen LogP contribution < -0.4 is 5.32 Å². The first kappa shape index (κ1) is 12.8. The molecule has 0 radical (unpaired) electrons. The molecule has 1 aromatic heterocycles. The van der Waals surface area contributed by atoms with Gasteiger partial charge >= 0.3 is 0 Å². The van der Waals surface area contributed by atoms with Crippen LogP contribution in [0.5, 0.6) is 0 Å². The van der Waals surface area contributed by atoms with Gasteiger partial charge in [-0.15, -0.1) is 10.2 Å². The zero-order valence-electron chi connectivity index (χ0n) is 10.8. The number of aromatic nitrogens is 2. The molecule has 1 saturated heterocycles. The Morgan fingerprint density at radius 2 is 2.06 bits per heavy atom. The monoisotopic (exact) mass is 254 g/mol. The molecule has 0 unspecified atom stereocenters. The molecule has 0 aromatic carbocycles. The molecule has 1 N–H and O–H groups in total. The second-order valence-corrected chi connectivity index (χ2v) is 5.72. The maximum Gasteiger partial charge on any atom is 0.205 e. The summed E-state index contributed by atoms with van der Waals surface area (Å²) in [5, 5.41) is 13.7. The smallest absolute Gasteiger partial charge is 0.205 e. The van der Waals surface area contributed by atoms with Gasteiger partial charge in [0.05, 0.1) is 6.54 Å². The standard InChI is InChI=1S/C12H22N4S/c1-3-10-5-7-16(8-6-10)9-11-14-15-12(17-11)13-4-2/h10H,3-9H2,1-2H3,(H,13,15). The lowest BCUT2D eigenvalue weighted by Gasteiger charge is -2.30. The van der Waals surface area contributed by atoms with E-state index in [0.717, 1.165) is 29.1 Å². The minimum absolute atomic E-state index is 0.913. The van der Waals surface area contributed by atoms with Crippen molar-refractivity contribution in [1.29, 1.82) is 0 Å². The summed E-state index contributed by atoms with van der Waals surface area (Å²) in [6, 6.07) is 0. The fourth-order valence-electron chi connectivity index (χ4n) is 2.28. The third-order valence-electron chi connectivity index (χ3n) is 3.44. The van der Waals surface area contributed by atoms with Crippen LogP contribution in [0.1, 0.15) is 38.1 Å². The quantitative estimate of drug-likeness (QED) is 0.877. The summed E-state index contributed by atoms with van der Waals surface area (Å²) in [5.41, 5.74) is 0. The number of piperidine rings is 1. The van der Waals surface area contributed by atoms with Gasteiger partial charge in [-0.2, -0.15) is 0 Å². The predicted octanol–water partition coefficient (Wildman–Crippen LogP) is 2.59. The molecule has 96 valence electrons. The van der Waals surface area contributed by atoms with Crippen molar-refractivity contribution in [3.8, 4) is 0 Å². The molecule has 17 heavy (non-hydrogen) atoms. The molecule has 4 nitrogen and oxygen atoms in total. The van der Waals surface area contributed by atoms with Crippen molar-refractivity contribution in [2.24, 2.45) is 5.92 Å². The van der Waals surface area contributed by atoms with Crippen molar-refractivity contribution in [3.05, 3.63) is 5.01 Å². The van der Waals surface area contributed by atoms with Crippen LogP contribution in [0.25, 0.3) is 0 Å². The van der Waals surface area contributed by atoms with Gasteiger partial charge in [0.2, 0.25) is 5.13 Å². The van der Waals surface area contributed by atoms with Gasteiger partial charge in [0.1, 0.15) is 5.01 Å². The lowest BCUT2D eigenvalue weighted by Crippen LogP contribution is -2.32. The Bertz CT molecular complexity index is 331. The van der Waals surface area contributed by atoms with Crippen molar-refractivity contribution in [3.63, 3.8) is 0 Å². The molecule has 0 bridgehead atoms. The molecule has 0 saturated carbocycles. The molecule has 0 aliphatic carbocycles. The topological polar surface area (TPSA) is 41.1 Å². The van der Waals surface area contributed by atoms with Gasteiger partial charge in [0.25, 0.3) is 0 Å². The number of nitrogens with zero attached hydrogens (tertiary/aromatic N) is 3. The highest BCUT2D eigenvalue weighted by Crippen LogP contribution is 2.23. The van der Waals surface area contributed by atoms with Crippen LogP contribution in [0.2, 0.25) is 0 Å². The third-order valence-corrected chi connectivity index (χ3v) is 4.30. The van der Waals surface area contributed by atoms with E-state index < -0.39 is 0 Å². The van der Waals surface area contributed by atoms with E-state index in [1.54, 1.807) is 11.3 Å². The summed E-state index contributed by atoms with van der Waals surface area (Å²) in [6.07, 6.45) is 4.02. The zero-order chi connectivity index (χ0) is 12.1. The summed E-state index contributed by atoms with van der Waals surface area (Å²) >= 11 is 1.68. The fraction of sp³-hybridized carbons (Fsp3) is 0.833. The number of nitrogens with one attached hydrogen (secondary N) is 1. The maximum absolute atomic E-state index is 4.23. The summed E-state index contributed by atoms with van der Waals surface area (Å²) in [6.45, 7) is 8.70. The molecule has 5 heteroatoms. The first-order chi connectivity index (χ1) is 8.31. The Morgan fingerprint density at radius 3 is 2.71 bits per heavy atom. The maximum atomic E-state index is 4.23. The largest absolute Gasteiger partial charge is 0.360 e. The molecule has 2 rings (SSSR count). The van der Waals surface area contributed by atoms with Crippen LogP contribution in [-0.4, -0.2) is 34.7 Å². The lowest BCUT2D eigenvalue weighted by molar-refractivity contribution is 0.174. The van der Waals surface area contributed by atoms with Gasteiger partial charge in [0, 0.05) is 6.54 Å². The van der Waals surface area contributed by atoms with E-state index in [2.05, 4.69) is 34.3 Å². The number of hydrogen-bond donors (Lipinski definition) is 1. The van der Waals surface area contributed by atoms with E-state index in [-0.39, 0.29) is 0 Å². The van der Waals surface area contributed by atoms with E-state index in [0.29, 0.717) is 0 Å². The lowest BCUT2D eigenvalue weighted by atomic mass is 9.94. The number of hydrogen-bond acceptors (Lipinski definition) is 5. The second kappa shape index (κ2) is 6.31. The van der Waals surface area contributed by atoms with Gasteiger partial charge in [-0.1, -0.05) is 24.7 Å². The summed E-state index contributed by atoms with van der Waals surface area (Å²) in [7, 11) is 0. The van der Waals surface area contributed by atoms with E-state index in [4.69, 9.17) is 0 Å². The molecular formula is C12H22N4S. The molecule has 2 heterocycles. The summed E-state index contributed by atoms with van der Waals surface area (Å²) in [4.78, 5) is 2.50. The molecule has 1 fully saturated rings. The highest BCUT2D eigenvalue weighted by Gasteiger charge is 2.18. The van der Waals surface area contributed by atoms with Gasteiger partial charge in [0.15, 0.2) is 0 Å². The average molecular weight is 254 g/mol. The van der Waals surface area contributed by atoms with Gasteiger partial charge in [-0.3, -0.25) is 4.90 Å². The Morgan fingerprint density at radius 1 is 1.29 bits per heavy atom. The molecule has 0 spiro atoms. The van der Waals surface area contributed by atoms with Crippen LogP contribution >= 0.6 is 11.3 Å². The Hall–Kier alpha value is -0.680. The minimum Gasteiger partial charge on any atom is -0.360 e. The van der Waals surface area contributed by atoms with Crippen LogP contribution in [0.3, 0.4) is 0 Å². The van der Waals surface area contributed by atoms with E-state index in [1.165, 1.54) is 32.4 Å².